The Balaban J connectivity index is 1.66. The number of aromatic nitrogens is 4. The lowest BCUT2D eigenvalue weighted by Gasteiger charge is -2.23. The molecule has 2 heterocycles. The number of rotatable bonds is 6. The van der Waals surface area contributed by atoms with Gasteiger partial charge in [0.1, 0.15) is 23.2 Å². The Hall–Kier alpha value is -2.88. The van der Waals surface area contributed by atoms with Gasteiger partial charge in [0.2, 0.25) is 0 Å². The standard InChI is InChI=1S/C22H22ClF3N4O3/c1-11(19(31)32-21(2,3)4)30-16(17(25)26)10-15(28-30)18-27-20(29-33-18)22(7-8-22)13-6-5-12(24)9-14(13)23/h5-6,9-11,17H,7-8H2,1-4H3/t11-/m0/s1. The van der Waals surface area contributed by atoms with E-state index in [1.165, 1.54) is 19.1 Å². The van der Waals surface area contributed by atoms with Crippen molar-refractivity contribution in [1.29, 1.82) is 0 Å². The Morgan fingerprint density at radius 3 is 2.55 bits per heavy atom. The maximum absolute atomic E-state index is 13.7. The second-order valence-electron chi connectivity index (χ2n) is 9.04. The van der Waals surface area contributed by atoms with E-state index in [1.54, 1.807) is 26.8 Å². The summed E-state index contributed by atoms with van der Waals surface area (Å²) >= 11 is 6.23. The van der Waals surface area contributed by atoms with Crippen molar-refractivity contribution in [3.63, 3.8) is 0 Å². The fourth-order valence-electron chi connectivity index (χ4n) is 3.61. The summed E-state index contributed by atoms with van der Waals surface area (Å²) in [6, 6.07) is 4.10. The molecule has 0 unspecified atom stereocenters. The zero-order valence-corrected chi connectivity index (χ0v) is 19.2. The zero-order chi connectivity index (χ0) is 24.1. The van der Waals surface area contributed by atoms with Crippen LogP contribution in [0.15, 0.2) is 28.8 Å². The number of hydrogen-bond acceptors (Lipinski definition) is 6. The number of alkyl halides is 2. The molecular formula is C22H22ClF3N4O3. The summed E-state index contributed by atoms with van der Waals surface area (Å²) in [6.45, 7) is 6.47. The minimum Gasteiger partial charge on any atom is -0.458 e. The van der Waals surface area contributed by atoms with Crippen molar-refractivity contribution in [2.45, 2.75) is 64.0 Å². The van der Waals surface area contributed by atoms with Crippen LogP contribution in [-0.2, 0) is 14.9 Å². The van der Waals surface area contributed by atoms with Crippen LogP contribution in [0.3, 0.4) is 0 Å². The average molecular weight is 483 g/mol. The molecule has 0 N–H and O–H groups in total. The molecule has 1 fully saturated rings. The molecular weight excluding hydrogens is 461 g/mol. The van der Waals surface area contributed by atoms with Gasteiger partial charge >= 0.3 is 5.97 Å². The highest BCUT2D eigenvalue weighted by Crippen LogP contribution is 2.54. The molecule has 0 saturated heterocycles. The zero-order valence-electron chi connectivity index (χ0n) is 18.4. The number of benzene rings is 1. The van der Waals surface area contributed by atoms with Gasteiger partial charge in [-0.15, -0.1) is 0 Å². The van der Waals surface area contributed by atoms with Gasteiger partial charge in [0.05, 0.1) is 5.41 Å². The molecule has 2 aromatic heterocycles. The van der Waals surface area contributed by atoms with Crippen molar-refractivity contribution in [1.82, 2.24) is 19.9 Å². The SMILES string of the molecule is C[C@@H](C(=O)OC(C)(C)C)n1nc(-c2nc(C3(c4ccc(F)cc4Cl)CC3)no2)cc1C(F)F. The summed E-state index contributed by atoms with van der Waals surface area (Å²) in [5, 5.41) is 8.39. The molecule has 1 atom stereocenters. The average Bonchev–Trinajstić information content (AvgIpc) is 3.15. The van der Waals surface area contributed by atoms with Crippen molar-refractivity contribution < 1.29 is 27.2 Å². The van der Waals surface area contributed by atoms with E-state index in [-0.39, 0.29) is 16.6 Å². The Morgan fingerprint density at radius 1 is 1.27 bits per heavy atom. The first-order valence-corrected chi connectivity index (χ1v) is 10.7. The quantitative estimate of drug-likeness (QED) is 0.422. The van der Waals surface area contributed by atoms with Gasteiger partial charge in [0.25, 0.3) is 12.3 Å². The number of esters is 1. The van der Waals surface area contributed by atoms with E-state index in [4.69, 9.17) is 20.9 Å². The van der Waals surface area contributed by atoms with Crippen molar-refractivity contribution in [2.24, 2.45) is 0 Å². The van der Waals surface area contributed by atoms with Gasteiger partial charge < -0.3 is 9.26 Å². The predicted octanol–water partition coefficient (Wildman–Crippen LogP) is 5.65. The van der Waals surface area contributed by atoms with Gasteiger partial charge in [-0.25, -0.2) is 22.6 Å². The van der Waals surface area contributed by atoms with Crippen LogP contribution in [0, 0.1) is 5.82 Å². The first-order chi connectivity index (χ1) is 15.4. The Labute approximate surface area is 192 Å². The van der Waals surface area contributed by atoms with E-state index in [0.29, 0.717) is 24.2 Å². The maximum Gasteiger partial charge on any atom is 0.331 e. The van der Waals surface area contributed by atoms with Crippen LogP contribution < -0.4 is 0 Å². The molecule has 3 aromatic rings. The van der Waals surface area contributed by atoms with E-state index < -0.39 is 41.0 Å². The normalized spacial score (nSPS) is 16.2. The maximum atomic E-state index is 13.7. The predicted molar refractivity (Wildman–Crippen MR) is 112 cm³/mol. The second kappa shape index (κ2) is 8.16. The van der Waals surface area contributed by atoms with Crippen molar-refractivity contribution in [3.05, 3.63) is 52.2 Å². The van der Waals surface area contributed by atoms with Gasteiger partial charge in [0, 0.05) is 5.02 Å². The van der Waals surface area contributed by atoms with Crippen LogP contribution in [-0.4, -0.2) is 31.5 Å². The summed E-state index contributed by atoms with van der Waals surface area (Å²) in [5.74, 6) is -0.934. The van der Waals surface area contributed by atoms with Crippen LogP contribution in [0.1, 0.15) is 70.1 Å². The third-order valence-corrected chi connectivity index (χ3v) is 5.69. The fraction of sp³-hybridized carbons (Fsp3) is 0.455. The third kappa shape index (κ3) is 4.48. The number of halogens is 4. The molecule has 33 heavy (non-hydrogen) atoms. The monoisotopic (exact) mass is 482 g/mol. The lowest BCUT2D eigenvalue weighted by atomic mass is 9.95. The van der Waals surface area contributed by atoms with Crippen molar-refractivity contribution >= 4 is 17.6 Å². The summed E-state index contributed by atoms with van der Waals surface area (Å²) in [4.78, 5) is 16.8. The highest BCUT2D eigenvalue weighted by atomic mass is 35.5. The van der Waals surface area contributed by atoms with Crippen LogP contribution in [0.4, 0.5) is 13.2 Å². The van der Waals surface area contributed by atoms with Crippen LogP contribution in [0.2, 0.25) is 5.02 Å². The Morgan fingerprint density at radius 2 is 1.97 bits per heavy atom. The summed E-state index contributed by atoms with van der Waals surface area (Å²) in [5.41, 5.74) is -1.24. The van der Waals surface area contributed by atoms with Gasteiger partial charge in [-0.2, -0.15) is 10.1 Å². The van der Waals surface area contributed by atoms with Gasteiger partial charge in [-0.05, 0) is 64.3 Å². The van der Waals surface area contributed by atoms with E-state index in [9.17, 15) is 18.0 Å². The van der Waals surface area contributed by atoms with Crippen LogP contribution in [0.25, 0.3) is 11.6 Å². The molecule has 1 aliphatic rings. The number of nitrogens with zero attached hydrogens (tertiary/aromatic N) is 4. The minimum atomic E-state index is -2.90. The molecule has 4 rings (SSSR count). The van der Waals surface area contributed by atoms with Gasteiger partial charge in [-0.3, -0.25) is 0 Å². The third-order valence-electron chi connectivity index (χ3n) is 5.37. The minimum absolute atomic E-state index is 0.000428. The van der Waals surface area contributed by atoms with Gasteiger partial charge in [0.15, 0.2) is 11.5 Å². The van der Waals surface area contributed by atoms with Crippen LogP contribution in [0.5, 0.6) is 0 Å². The molecule has 0 amide bonds. The van der Waals surface area contributed by atoms with Crippen LogP contribution >= 0.6 is 11.6 Å². The van der Waals surface area contributed by atoms with Crippen molar-refractivity contribution in [3.8, 4) is 11.6 Å². The highest BCUT2D eigenvalue weighted by molar-refractivity contribution is 6.31. The van der Waals surface area contributed by atoms with Gasteiger partial charge in [-0.1, -0.05) is 22.8 Å². The number of carbonyl (C=O) groups is 1. The molecule has 0 radical (unpaired) electrons. The van der Waals surface area contributed by atoms with E-state index >= 15 is 0 Å². The second-order valence-corrected chi connectivity index (χ2v) is 9.45. The number of carbonyl (C=O) groups excluding carboxylic acids is 1. The summed E-state index contributed by atoms with van der Waals surface area (Å²) in [6.07, 6.45) is -1.56. The first-order valence-electron chi connectivity index (χ1n) is 10.3. The molecule has 0 spiro atoms. The number of hydrogen-bond donors (Lipinski definition) is 0. The van der Waals surface area contributed by atoms with E-state index in [1.807, 2.05) is 0 Å². The smallest absolute Gasteiger partial charge is 0.331 e. The molecule has 0 aliphatic heterocycles. The molecule has 7 nitrogen and oxygen atoms in total. The molecule has 0 bridgehead atoms. The largest absolute Gasteiger partial charge is 0.458 e. The van der Waals surface area contributed by atoms with E-state index in [0.717, 1.165) is 10.7 Å². The summed E-state index contributed by atoms with van der Waals surface area (Å²) < 4.78 is 52.4. The van der Waals surface area contributed by atoms with Crippen molar-refractivity contribution in [2.75, 3.05) is 0 Å². The first kappa shape index (κ1) is 23.3. The molecule has 11 heteroatoms. The number of ether oxygens (including phenoxy) is 1. The molecule has 1 saturated carbocycles. The topological polar surface area (TPSA) is 83.0 Å². The lowest BCUT2D eigenvalue weighted by Crippen LogP contribution is -2.30. The molecule has 1 aliphatic carbocycles. The Kier molecular flexibility index (Phi) is 5.76. The molecule has 176 valence electrons. The Bertz CT molecular complexity index is 1200. The highest BCUT2D eigenvalue weighted by Gasteiger charge is 2.51. The summed E-state index contributed by atoms with van der Waals surface area (Å²) in [7, 11) is 0. The lowest BCUT2D eigenvalue weighted by molar-refractivity contribution is -0.158. The van der Waals surface area contributed by atoms with E-state index in [2.05, 4.69) is 15.2 Å². The molecule has 1 aromatic carbocycles. The fourth-order valence-corrected chi connectivity index (χ4v) is 3.96.